The van der Waals surface area contributed by atoms with Crippen LogP contribution in [0.1, 0.15) is 24.3 Å². The third kappa shape index (κ3) is 2.13. The third-order valence-electron chi connectivity index (χ3n) is 4.74. The molecule has 0 saturated carbocycles. The summed E-state index contributed by atoms with van der Waals surface area (Å²) >= 11 is 3.74. The Kier molecular flexibility index (Phi) is 3.48. The fraction of sp³-hybridized carbons (Fsp3) is 0.600. The van der Waals surface area contributed by atoms with Crippen LogP contribution in [0, 0.1) is 5.41 Å². The van der Waals surface area contributed by atoms with E-state index in [4.69, 9.17) is 0 Å². The lowest BCUT2D eigenvalue weighted by atomic mass is 9.67. The third-order valence-corrected chi connectivity index (χ3v) is 5.47. The van der Waals surface area contributed by atoms with Crippen molar-refractivity contribution >= 4 is 15.9 Å². The van der Waals surface area contributed by atoms with Gasteiger partial charge in [0.15, 0.2) is 0 Å². The van der Waals surface area contributed by atoms with E-state index < -0.39 is 0 Å². The van der Waals surface area contributed by atoms with Crippen LogP contribution in [0.3, 0.4) is 0 Å². The number of nitrogens with one attached hydrogen (secondary N) is 1. The van der Waals surface area contributed by atoms with E-state index in [0.717, 1.165) is 6.54 Å². The molecule has 1 aromatic rings. The molecule has 2 atom stereocenters. The van der Waals surface area contributed by atoms with Crippen LogP contribution in [0.5, 0.6) is 0 Å². The van der Waals surface area contributed by atoms with Gasteiger partial charge in [0.25, 0.3) is 0 Å². The molecule has 0 aliphatic carbocycles. The van der Waals surface area contributed by atoms with Gasteiger partial charge in [-0.25, -0.2) is 0 Å². The smallest absolute Gasteiger partial charge is 0.0210 e. The molecule has 0 bridgehead atoms. The molecular weight excluding hydrogens is 288 g/mol. The molecule has 1 N–H and O–H groups in total. The van der Waals surface area contributed by atoms with E-state index in [1.54, 1.807) is 0 Å². The number of hydrogen-bond donors (Lipinski definition) is 1. The molecule has 0 amide bonds. The molecule has 2 heterocycles. The Balaban J connectivity index is 1.96. The van der Waals surface area contributed by atoms with Crippen molar-refractivity contribution in [2.75, 3.05) is 33.2 Å². The molecule has 2 fully saturated rings. The van der Waals surface area contributed by atoms with E-state index >= 15 is 0 Å². The van der Waals surface area contributed by atoms with Gasteiger partial charge in [-0.05, 0) is 50.0 Å². The first kappa shape index (κ1) is 12.6. The topological polar surface area (TPSA) is 15.3 Å². The van der Waals surface area contributed by atoms with Crippen LogP contribution in [-0.4, -0.2) is 38.1 Å². The van der Waals surface area contributed by atoms with Crippen LogP contribution in [0.4, 0.5) is 0 Å². The fourth-order valence-electron chi connectivity index (χ4n) is 3.77. The molecule has 2 nitrogen and oxygen atoms in total. The van der Waals surface area contributed by atoms with Gasteiger partial charge in [0.2, 0.25) is 0 Å². The minimum Gasteiger partial charge on any atom is -0.316 e. The lowest BCUT2D eigenvalue weighted by molar-refractivity contribution is 0.170. The fourth-order valence-corrected chi connectivity index (χ4v) is 4.33. The molecule has 2 unspecified atom stereocenters. The second-order valence-corrected chi connectivity index (χ2v) is 6.73. The van der Waals surface area contributed by atoms with Crippen molar-refractivity contribution in [3.05, 3.63) is 34.3 Å². The van der Waals surface area contributed by atoms with Crippen LogP contribution < -0.4 is 5.32 Å². The maximum atomic E-state index is 3.74. The minimum atomic E-state index is 0.490. The molecule has 18 heavy (non-hydrogen) atoms. The Labute approximate surface area is 118 Å². The van der Waals surface area contributed by atoms with Gasteiger partial charge >= 0.3 is 0 Å². The Morgan fingerprint density at radius 1 is 1.33 bits per heavy atom. The van der Waals surface area contributed by atoms with Crippen LogP contribution in [0.25, 0.3) is 0 Å². The van der Waals surface area contributed by atoms with E-state index in [0.29, 0.717) is 11.3 Å². The first-order valence-corrected chi connectivity index (χ1v) is 7.64. The van der Waals surface area contributed by atoms with Crippen molar-refractivity contribution < 1.29 is 0 Å². The summed E-state index contributed by atoms with van der Waals surface area (Å²) in [6, 6.07) is 8.75. The number of likely N-dealkylation sites (tertiary alicyclic amines) is 1. The van der Waals surface area contributed by atoms with Crippen LogP contribution in [0.2, 0.25) is 0 Å². The average Bonchev–Trinajstić information content (AvgIpc) is 2.73. The normalized spacial score (nSPS) is 33.1. The van der Waals surface area contributed by atoms with Crippen molar-refractivity contribution in [3.63, 3.8) is 0 Å². The summed E-state index contributed by atoms with van der Waals surface area (Å²) in [5.74, 6) is 0.645. The first-order chi connectivity index (χ1) is 8.71. The monoisotopic (exact) mass is 308 g/mol. The predicted molar refractivity (Wildman–Crippen MR) is 78.9 cm³/mol. The van der Waals surface area contributed by atoms with E-state index in [9.17, 15) is 0 Å². The van der Waals surface area contributed by atoms with Gasteiger partial charge in [0.05, 0.1) is 0 Å². The second-order valence-electron chi connectivity index (χ2n) is 5.88. The zero-order valence-corrected chi connectivity index (χ0v) is 12.5. The Hall–Kier alpha value is -0.380. The molecule has 2 aliphatic heterocycles. The van der Waals surface area contributed by atoms with E-state index in [1.807, 2.05) is 0 Å². The van der Waals surface area contributed by atoms with Crippen LogP contribution in [-0.2, 0) is 0 Å². The summed E-state index contributed by atoms with van der Waals surface area (Å²) in [6.07, 6.45) is 2.65. The number of hydrogen-bond acceptors (Lipinski definition) is 2. The number of halogens is 1. The lowest BCUT2D eigenvalue weighted by Crippen LogP contribution is -2.45. The molecule has 2 aliphatic rings. The van der Waals surface area contributed by atoms with Crippen molar-refractivity contribution in [2.45, 2.75) is 18.8 Å². The highest BCUT2D eigenvalue weighted by Crippen LogP contribution is 2.48. The largest absolute Gasteiger partial charge is 0.316 e. The highest BCUT2D eigenvalue weighted by Gasteiger charge is 2.45. The molecule has 3 heteroatoms. The summed E-state index contributed by atoms with van der Waals surface area (Å²) in [4.78, 5) is 2.50. The Bertz CT molecular complexity index is 430. The van der Waals surface area contributed by atoms with Crippen LogP contribution >= 0.6 is 15.9 Å². The van der Waals surface area contributed by atoms with E-state index in [-0.39, 0.29) is 0 Å². The standard InChI is InChI=1S/C15H21BrN2/c1-18-9-7-15(11-18)6-8-17-10-13(15)12-4-2-3-5-14(12)16/h2-5,13,17H,6-11H2,1H3. The zero-order valence-electron chi connectivity index (χ0n) is 11.0. The first-order valence-electron chi connectivity index (χ1n) is 6.85. The van der Waals surface area contributed by atoms with Crippen molar-refractivity contribution in [1.82, 2.24) is 10.2 Å². The summed E-state index contributed by atoms with van der Waals surface area (Å²) in [5.41, 5.74) is 1.98. The predicted octanol–water partition coefficient (Wildman–Crippen LogP) is 2.85. The lowest BCUT2D eigenvalue weighted by Gasteiger charge is -2.42. The van der Waals surface area contributed by atoms with Crippen molar-refractivity contribution in [1.29, 1.82) is 0 Å². The summed E-state index contributed by atoms with van der Waals surface area (Å²) in [5, 5.41) is 3.59. The van der Waals surface area contributed by atoms with Crippen molar-refractivity contribution in [3.8, 4) is 0 Å². The Morgan fingerprint density at radius 2 is 2.17 bits per heavy atom. The number of nitrogens with zero attached hydrogens (tertiary/aromatic N) is 1. The molecule has 3 rings (SSSR count). The molecule has 0 radical (unpaired) electrons. The number of benzene rings is 1. The molecule has 1 spiro atoms. The van der Waals surface area contributed by atoms with Gasteiger partial charge in [0.1, 0.15) is 0 Å². The molecule has 2 saturated heterocycles. The number of rotatable bonds is 1. The Morgan fingerprint density at radius 3 is 2.89 bits per heavy atom. The maximum absolute atomic E-state index is 3.74. The van der Waals surface area contributed by atoms with E-state index in [2.05, 4.69) is 57.5 Å². The van der Waals surface area contributed by atoms with Gasteiger partial charge < -0.3 is 10.2 Å². The average molecular weight is 309 g/mol. The summed E-state index contributed by atoms with van der Waals surface area (Å²) in [7, 11) is 2.26. The van der Waals surface area contributed by atoms with Gasteiger partial charge in [-0.2, -0.15) is 0 Å². The second kappa shape index (κ2) is 4.95. The maximum Gasteiger partial charge on any atom is 0.0210 e. The molecule has 98 valence electrons. The minimum absolute atomic E-state index is 0.490. The quantitative estimate of drug-likeness (QED) is 0.858. The van der Waals surface area contributed by atoms with Gasteiger partial charge in [-0.15, -0.1) is 0 Å². The molecular formula is C15H21BrN2. The number of piperidine rings is 1. The molecule has 1 aromatic carbocycles. The highest BCUT2D eigenvalue weighted by atomic mass is 79.9. The van der Waals surface area contributed by atoms with Crippen LogP contribution in [0.15, 0.2) is 28.7 Å². The van der Waals surface area contributed by atoms with E-state index in [1.165, 1.54) is 42.5 Å². The van der Waals surface area contributed by atoms with Gasteiger partial charge in [0, 0.05) is 23.5 Å². The van der Waals surface area contributed by atoms with Crippen molar-refractivity contribution in [2.24, 2.45) is 5.41 Å². The summed E-state index contributed by atoms with van der Waals surface area (Å²) < 4.78 is 1.27. The molecule has 0 aromatic heterocycles. The SMILES string of the molecule is CN1CCC2(CCNCC2c2ccccc2Br)C1. The van der Waals surface area contributed by atoms with Gasteiger partial charge in [-0.1, -0.05) is 34.1 Å². The highest BCUT2D eigenvalue weighted by molar-refractivity contribution is 9.10. The van der Waals surface area contributed by atoms with Gasteiger partial charge in [-0.3, -0.25) is 0 Å². The summed E-state index contributed by atoms with van der Waals surface area (Å²) in [6.45, 7) is 4.80. The zero-order chi connectivity index (χ0) is 12.6.